The Labute approximate surface area is 182 Å². The second-order valence-corrected chi connectivity index (χ2v) is 9.88. The summed E-state index contributed by atoms with van der Waals surface area (Å²) >= 11 is 2.96. The molecule has 30 heavy (non-hydrogen) atoms. The fourth-order valence-electron chi connectivity index (χ4n) is 3.44. The molecule has 0 aliphatic heterocycles. The van der Waals surface area contributed by atoms with Gasteiger partial charge in [-0.05, 0) is 43.4 Å². The molecule has 0 bridgehead atoms. The number of hydrogen-bond donors (Lipinski definition) is 1. The predicted octanol–water partition coefficient (Wildman–Crippen LogP) is 4.49. The third-order valence-electron chi connectivity index (χ3n) is 5.31. The maximum absolute atomic E-state index is 12.8. The Balaban J connectivity index is 1.62. The lowest BCUT2D eigenvalue weighted by atomic mass is 9.98. The molecule has 1 unspecified atom stereocenters. The van der Waals surface area contributed by atoms with Gasteiger partial charge < -0.3 is 4.98 Å². The lowest BCUT2D eigenvalue weighted by Gasteiger charge is -2.08. The first-order chi connectivity index (χ1) is 14.4. The van der Waals surface area contributed by atoms with Crippen molar-refractivity contribution in [1.29, 1.82) is 0 Å². The van der Waals surface area contributed by atoms with E-state index in [-0.39, 0.29) is 11.1 Å². The molecule has 0 saturated carbocycles. The van der Waals surface area contributed by atoms with Crippen LogP contribution in [0.25, 0.3) is 15.9 Å². The Kier molecular flexibility index (Phi) is 5.79. The first-order valence-corrected chi connectivity index (χ1v) is 11.8. The first-order valence-electron chi connectivity index (χ1n) is 9.99. The molecule has 0 aromatic carbocycles. The summed E-state index contributed by atoms with van der Waals surface area (Å²) < 4.78 is 1.54. The second-order valence-electron chi connectivity index (χ2n) is 7.71. The quantitative estimate of drug-likeness (QED) is 0.353. The molecule has 4 aromatic heterocycles. The number of aryl methyl sites for hydroxylation is 2. The van der Waals surface area contributed by atoms with Crippen molar-refractivity contribution in [3.05, 3.63) is 66.8 Å². The van der Waals surface area contributed by atoms with E-state index in [9.17, 15) is 9.59 Å². The van der Waals surface area contributed by atoms with Crippen LogP contribution in [0.1, 0.15) is 42.0 Å². The molecule has 0 amide bonds. The average molecular weight is 441 g/mol. The van der Waals surface area contributed by atoms with E-state index in [4.69, 9.17) is 0 Å². The Bertz CT molecular complexity index is 1350. The van der Waals surface area contributed by atoms with Crippen LogP contribution in [-0.4, -0.2) is 19.4 Å². The highest BCUT2D eigenvalue weighted by Gasteiger charge is 2.17. The number of fused-ring (bicyclic) bond motifs is 2. The lowest BCUT2D eigenvalue weighted by molar-refractivity contribution is 0.561. The van der Waals surface area contributed by atoms with Crippen molar-refractivity contribution in [2.75, 3.05) is 0 Å². The number of thiophene rings is 1. The molecule has 0 aliphatic rings. The summed E-state index contributed by atoms with van der Waals surface area (Å²) in [7, 11) is 0. The van der Waals surface area contributed by atoms with E-state index in [2.05, 4.69) is 35.7 Å². The number of aromatic amines is 1. The number of nitrogens with zero attached hydrogens (tertiary/aromatic N) is 3. The third kappa shape index (κ3) is 4.06. The van der Waals surface area contributed by atoms with Crippen molar-refractivity contribution in [2.24, 2.45) is 5.92 Å². The standard InChI is InChI=1S/C22H24N4O2S2/c1-5-12(2)8-16-14(4)30-21-19(16)20(28)24-22(25-21)29-11-15-9-18(27)26-10-13(3)6-7-17(26)23-15/h6-7,9-10,12H,5,8,11H2,1-4H3,(H,24,25,28). The summed E-state index contributed by atoms with van der Waals surface area (Å²) in [6.45, 7) is 8.37. The highest BCUT2D eigenvalue weighted by atomic mass is 32.2. The van der Waals surface area contributed by atoms with Crippen LogP contribution < -0.4 is 11.1 Å². The van der Waals surface area contributed by atoms with E-state index in [0.29, 0.717) is 28.2 Å². The largest absolute Gasteiger partial charge is 0.301 e. The minimum atomic E-state index is -0.111. The molecule has 1 atom stereocenters. The highest BCUT2D eigenvalue weighted by Crippen LogP contribution is 2.31. The fraction of sp³-hybridized carbons (Fsp3) is 0.364. The highest BCUT2D eigenvalue weighted by molar-refractivity contribution is 7.98. The van der Waals surface area contributed by atoms with E-state index in [1.165, 1.54) is 17.8 Å². The predicted molar refractivity (Wildman–Crippen MR) is 124 cm³/mol. The van der Waals surface area contributed by atoms with Gasteiger partial charge in [-0.1, -0.05) is 38.1 Å². The number of hydrogen-bond acceptors (Lipinski definition) is 6. The van der Waals surface area contributed by atoms with Crippen molar-refractivity contribution in [3.63, 3.8) is 0 Å². The van der Waals surface area contributed by atoms with E-state index in [0.717, 1.165) is 39.1 Å². The molecule has 0 radical (unpaired) electrons. The van der Waals surface area contributed by atoms with Gasteiger partial charge in [0.1, 0.15) is 10.5 Å². The van der Waals surface area contributed by atoms with Gasteiger partial charge >= 0.3 is 0 Å². The van der Waals surface area contributed by atoms with Gasteiger partial charge in [0, 0.05) is 22.9 Å². The van der Waals surface area contributed by atoms with Crippen molar-refractivity contribution in [2.45, 2.75) is 51.4 Å². The molecule has 0 aliphatic carbocycles. The molecule has 0 fully saturated rings. The summed E-state index contributed by atoms with van der Waals surface area (Å²) in [5, 5.41) is 1.27. The molecular weight excluding hydrogens is 416 g/mol. The van der Waals surface area contributed by atoms with Crippen LogP contribution in [0.15, 0.2) is 39.1 Å². The monoisotopic (exact) mass is 440 g/mol. The normalized spacial score (nSPS) is 12.7. The Hall–Kier alpha value is -2.45. The third-order valence-corrected chi connectivity index (χ3v) is 7.26. The zero-order valence-corrected chi connectivity index (χ0v) is 19.1. The second kappa shape index (κ2) is 8.35. The summed E-state index contributed by atoms with van der Waals surface area (Å²) in [4.78, 5) is 39.3. The van der Waals surface area contributed by atoms with Crippen LogP contribution in [0.5, 0.6) is 0 Å². The molecule has 4 heterocycles. The van der Waals surface area contributed by atoms with Crippen LogP contribution in [0.2, 0.25) is 0 Å². The van der Waals surface area contributed by atoms with Crippen molar-refractivity contribution >= 4 is 39.0 Å². The van der Waals surface area contributed by atoms with Gasteiger partial charge in [-0.2, -0.15) is 0 Å². The molecule has 6 nitrogen and oxygen atoms in total. The van der Waals surface area contributed by atoms with Crippen LogP contribution in [0, 0.1) is 19.8 Å². The van der Waals surface area contributed by atoms with Crippen LogP contribution in [0.3, 0.4) is 0 Å². The minimum Gasteiger partial charge on any atom is -0.301 e. The molecule has 1 N–H and O–H groups in total. The van der Waals surface area contributed by atoms with Gasteiger partial charge in [-0.15, -0.1) is 11.3 Å². The molecule has 8 heteroatoms. The van der Waals surface area contributed by atoms with E-state index >= 15 is 0 Å². The van der Waals surface area contributed by atoms with Gasteiger partial charge in [-0.3, -0.25) is 14.0 Å². The molecule has 4 aromatic rings. The molecule has 0 spiro atoms. The lowest BCUT2D eigenvalue weighted by Crippen LogP contribution is -2.15. The van der Waals surface area contributed by atoms with Gasteiger partial charge in [0.15, 0.2) is 5.16 Å². The van der Waals surface area contributed by atoms with Gasteiger partial charge in [0.05, 0.1) is 11.1 Å². The summed E-state index contributed by atoms with van der Waals surface area (Å²) in [6, 6.07) is 5.31. The number of aromatic nitrogens is 4. The Morgan fingerprint density at radius 1 is 1.23 bits per heavy atom. The zero-order chi connectivity index (χ0) is 21.4. The van der Waals surface area contributed by atoms with Crippen LogP contribution in [0.4, 0.5) is 0 Å². The van der Waals surface area contributed by atoms with Gasteiger partial charge in [-0.25, -0.2) is 9.97 Å². The van der Waals surface area contributed by atoms with Crippen LogP contribution in [-0.2, 0) is 12.2 Å². The fourth-order valence-corrected chi connectivity index (χ4v) is 5.30. The van der Waals surface area contributed by atoms with Gasteiger partial charge in [0.25, 0.3) is 11.1 Å². The summed E-state index contributed by atoms with van der Waals surface area (Å²) in [6.07, 6.45) is 3.75. The Morgan fingerprint density at radius 3 is 2.80 bits per heavy atom. The summed E-state index contributed by atoms with van der Waals surface area (Å²) in [5.74, 6) is 0.981. The van der Waals surface area contributed by atoms with Gasteiger partial charge in [0.2, 0.25) is 0 Å². The minimum absolute atomic E-state index is 0.0906. The van der Waals surface area contributed by atoms with E-state index < -0.39 is 0 Å². The molecule has 156 valence electrons. The zero-order valence-electron chi connectivity index (χ0n) is 17.5. The number of pyridine rings is 1. The van der Waals surface area contributed by atoms with Crippen LogP contribution >= 0.6 is 23.1 Å². The number of thioether (sulfide) groups is 1. The van der Waals surface area contributed by atoms with Crippen molar-refractivity contribution in [3.8, 4) is 0 Å². The number of H-pyrrole nitrogens is 1. The summed E-state index contributed by atoms with van der Waals surface area (Å²) in [5.41, 5.74) is 3.20. The maximum Gasteiger partial charge on any atom is 0.260 e. The van der Waals surface area contributed by atoms with Crippen molar-refractivity contribution in [1.82, 2.24) is 19.4 Å². The first kappa shape index (κ1) is 20.8. The topological polar surface area (TPSA) is 80.1 Å². The van der Waals surface area contributed by atoms with E-state index in [1.54, 1.807) is 21.9 Å². The SMILES string of the molecule is CCC(C)Cc1c(C)sc2nc(SCc3cc(=O)n4cc(C)ccc4n3)[nH]c(=O)c12. The number of nitrogens with one attached hydrogen (secondary N) is 1. The van der Waals surface area contributed by atoms with Crippen molar-refractivity contribution < 1.29 is 0 Å². The molecule has 0 saturated heterocycles. The average Bonchev–Trinajstić information content (AvgIpc) is 3.02. The Morgan fingerprint density at radius 2 is 2.03 bits per heavy atom. The molecular formula is C22H24N4O2S2. The maximum atomic E-state index is 12.8. The number of rotatable bonds is 6. The smallest absolute Gasteiger partial charge is 0.260 e. The van der Waals surface area contributed by atoms with E-state index in [1.807, 2.05) is 19.1 Å². The molecule has 4 rings (SSSR count).